The van der Waals surface area contributed by atoms with Crippen LogP contribution < -0.4 is 11.3 Å². The van der Waals surface area contributed by atoms with Crippen molar-refractivity contribution in [2.75, 3.05) is 6.73 Å². The van der Waals surface area contributed by atoms with E-state index in [0.717, 1.165) is 5.56 Å². The third-order valence-electron chi connectivity index (χ3n) is 1.79. The van der Waals surface area contributed by atoms with Gasteiger partial charge in [0.05, 0.1) is 0 Å². The monoisotopic (exact) mass is 236 g/mol. The van der Waals surface area contributed by atoms with Crippen molar-refractivity contribution in [2.24, 2.45) is 5.84 Å². The standard InChI is InChI=1S/C13H20N2O2/c1-13(2,3)17-12(16-10-15-14)9-11-7-5-4-6-8-11/h4-9,15H,10,14H2,1-3H3. The maximum atomic E-state index is 5.69. The zero-order chi connectivity index (χ0) is 12.7. The molecule has 4 nitrogen and oxygen atoms in total. The molecule has 0 saturated heterocycles. The number of hydrogen-bond donors (Lipinski definition) is 2. The first kappa shape index (κ1) is 13.5. The van der Waals surface area contributed by atoms with Gasteiger partial charge in [-0.3, -0.25) is 5.84 Å². The summed E-state index contributed by atoms with van der Waals surface area (Å²) in [4.78, 5) is 0. The maximum Gasteiger partial charge on any atom is 0.281 e. The molecule has 4 heteroatoms. The molecule has 0 aliphatic carbocycles. The first-order valence-electron chi connectivity index (χ1n) is 5.53. The van der Waals surface area contributed by atoms with Crippen LogP contribution in [0.15, 0.2) is 36.3 Å². The summed E-state index contributed by atoms with van der Waals surface area (Å²) in [5.41, 5.74) is 3.13. The number of hydrazine groups is 1. The van der Waals surface area contributed by atoms with E-state index in [9.17, 15) is 0 Å². The van der Waals surface area contributed by atoms with E-state index in [2.05, 4.69) is 5.43 Å². The van der Waals surface area contributed by atoms with Crippen LogP contribution in [0.25, 0.3) is 6.08 Å². The zero-order valence-electron chi connectivity index (χ0n) is 10.6. The van der Waals surface area contributed by atoms with E-state index in [-0.39, 0.29) is 12.3 Å². The van der Waals surface area contributed by atoms with Gasteiger partial charge in [0.25, 0.3) is 5.95 Å². The molecule has 0 amide bonds. The lowest BCUT2D eigenvalue weighted by atomic mass is 10.2. The molecular weight excluding hydrogens is 216 g/mol. The highest BCUT2D eigenvalue weighted by molar-refractivity contribution is 5.49. The lowest BCUT2D eigenvalue weighted by Gasteiger charge is -2.23. The van der Waals surface area contributed by atoms with Gasteiger partial charge in [-0.2, -0.15) is 0 Å². The minimum atomic E-state index is -0.310. The highest BCUT2D eigenvalue weighted by atomic mass is 16.7. The molecule has 17 heavy (non-hydrogen) atoms. The van der Waals surface area contributed by atoms with Crippen LogP contribution in [0.5, 0.6) is 0 Å². The molecular formula is C13H20N2O2. The number of nitrogens with one attached hydrogen (secondary N) is 1. The second kappa shape index (κ2) is 6.27. The van der Waals surface area contributed by atoms with Crippen LogP contribution in [0.2, 0.25) is 0 Å². The molecule has 3 N–H and O–H groups in total. The highest BCUT2D eigenvalue weighted by Crippen LogP contribution is 2.17. The molecule has 0 aliphatic heterocycles. The Labute approximate surface area is 102 Å². The average molecular weight is 236 g/mol. The van der Waals surface area contributed by atoms with E-state index < -0.39 is 0 Å². The van der Waals surface area contributed by atoms with Crippen LogP contribution in [0.3, 0.4) is 0 Å². The molecule has 0 bridgehead atoms. The van der Waals surface area contributed by atoms with E-state index in [1.54, 1.807) is 0 Å². The normalized spacial score (nSPS) is 12.4. The van der Waals surface area contributed by atoms with Crippen LogP contribution in [-0.4, -0.2) is 12.3 Å². The van der Waals surface area contributed by atoms with Gasteiger partial charge in [-0.1, -0.05) is 30.3 Å². The molecule has 0 radical (unpaired) electrons. The van der Waals surface area contributed by atoms with Gasteiger partial charge in [-0.15, -0.1) is 0 Å². The second-order valence-corrected chi connectivity index (χ2v) is 4.58. The van der Waals surface area contributed by atoms with Crippen molar-refractivity contribution < 1.29 is 9.47 Å². The van der Waals surface area contributed by atoms with Crippen LogP contribution in [-0.2, 0) is 9.47 Å². The molecule has 0 fully saturated rings. The van der Waals surface area contributed by atoms with Crippen molar-refractivity contribution in [3.8, 4) is 0 Å². The van der Waals surface area contributed by atoms with E-state index in [1.807, 2.05) is 57.2 Å². The van der Waals surface area contributed by atoms with Gasteiger partial charge in [0.2, 0.25) is 0 Å². The summed E-state index contributed by atoms with van der Waals surface area (Å²) in [6.45, 7) is 6.09. The van der Waals surface area contributed by atoms with Gasteiger partial charge in [-0.05, 0) is 26.3 Å². The molecule has 0 atom stereocenters. The smallest absolute Gasteiger partial charge is 0.281 e. The molecule has 1 aromatic carbocycles. The van der Waals surface area contributed by atoms with Crippen molar-refractivity contribution in [2.45, 2.75) is 26.4 Å². The van der Waals surface area contributed by atoms with Gasteiger partial charge < -0.3 is 9.47 Å². The summed E-state index contributed by atoms with van der Waals surface area (Å²) >= 11 is 0. The fraction of sp³-hybridized carbons (Fsp3) is 0.385. The third-order valence-corrected chi connectivity index (χ3v) is 1.79. The molecule has 0 heterocycles. The Morgan fingerprint density at radius 2 is 1.94 bits per heavy atom. The fourth-order valence-corrected chi connectivity index (χ4v) is 1.20. The predicted molar refractivity (Wildman–Crippen MR) is 68.5 cm³/mol. The molecule has 1 aromatic rings. The SMILES string of the molecule is CC(C)(C)OC(=Cc1ccccc1)OCNN. The van der Waals surface area contributed by atoms with E-state index in [0.29, 0.717) is 5.95 Å². The van der Waals surface area contributed by atoms with E-state index >= 15 is 0 Å². The largest absolute Gasteiger partial charge is 0.460 e. The fourth-order valence-electron chi connectivity index (χ4n) is 1.20. The summed E-state index contributed by atoms with van der Waals surface area (Å²) in [7, 11) is 0. The third kappa shape index (κ3) is 5.94. The molecule has 0 aromatic heterocycles. The van der Waals surface area contributed by atoms with Gasteiger partial charge in [0.15, 0.2) is 6.73 Å². The molecule has 94 valence electrons. The van der Waals surface area contributed by atoms with Gasteiger partial charge >= 0.3 is 0 Å². The molecule has 0 saturated carbocycles. The van der Waals surface area contributed by atoms with Gasteiger partial charge in [-0.25, -0.2) is 5.43 Å². The van der Waals surface area contributed by atoms with Crippen LogP contribution in [0.4, 0.5) is 0 Å². The first-order valence-corrected chi connectivity index (χ1v) is 5.53. The Balaban J connectivity index is 2.78. The number of ether oxygens (including phenoxy) is 2. The quantitative estimate of drug-likeness (QED) is 0.356. The summed E-state index contributed by atoms with van der Waals surface area (Å²) in [6, 6.07) is 9.84. The van der Waals surface area contributed by atoms with Crippen molar-refractivity contribution in [1.29, 1.82) is 0 Å². The van der Waals surface area contributed by atoms with Crippen LogP contribution >= 0.6 is 0 Å². The minimum absolute atomic E-state index is 0.203. The average Bonchev–Trinajstić information content (AvgIpc) is 2.25. The van der Waals surface area contributed by atoms with Crippen molar-refractivity contribution >= 4 is 6.08 Å². The van der Waals surface area contributed by atoms with Crippen LogP contribution in [0.1, 0.15) is 26.3 Å². The summed E-state index contributed by atoms with van der Waals surface area (Å²) in [6.07, 6.45) is 1.84. The van der Waals surface area contributed by atoms with Crippen molar-refractivity contribution in [3.05, 3.63) is 41.8 Å². The maximum absolute atomic E-state index is 5.69. The van der Waals surface area contributed by atoms with Crippen molar-refractivity contribution in [1.82, 2.24) is 5.43 Å². The molecule has 0 aliphatic rings. The van der Waals surface area contributed by atoms with Gasteiger partial charge in [0.1, 0.15) is 5.60 Å². The van der Waals surface area contributed by atoms with Crippen molar-refractivity contribution in [3.63, 3.8) is 0 Å². The number of nitrogens with two attached hydrogens (primary N) is 1. The number of hydrogen-bond acceptors (Lipinski definition) is 4. The first-order chi connectivity index (χ1) is 8.01. The zero-order valence-corrected chi connectivity index (χ0v) is 10.6. The van der Waals surface area contributed by atoms with Gasteiger partial charge in [0, 0.05) is 6.08 Å². The lowest BCUT2D eigenvalue weighted by molar-refractivity contribution is -0.0448. The lowest BCUT2D eigenvalue weighted by Crippen LogP contribution is -2.27. The topological polar surface area (TPSA) is 56.5 Å². The summed E-state index contributed by atoms with van der Waals surface area (Å²) < 4.78 is 11.1. The minimum Gasteiger partial charge on any atom is -0.460 e. The number of rotatable bonds is 5. The highest BCUT2D eigenvalue weighted by Gasteiger charge is 2.14. The number of benzene rings is 1. The Bertz CT molecular complexity index is 355. The summed E-state index contributed by atoms with van der Waals surface area (Å²) in [5.74, 6) is 5.62. The van der Waals surface area contributed by atoms with E-state index in [4.69, 9.17) is 15.3 Å². The molecule has 0 spiro atoms. The molecule has 1 rings (SSSR count). The van der Waals surface area contributed by atoms with E-state index in [1.165, 1.54) is 0 Å². The predicted octanol–water partition coefficient (Wildman–Crippen LogP) is 2.24. The summed E-state index contributed by atoms with van der Waals surface area (Å²) in [5, 5.41) is 0. The Morgan fingerprint density at radius 3 is 2.47 bits per heavy atom. The Morgan fingerprint density at radius 1 is 1.29 bits per heavy atom. The second-order valence-electron chi connectivity index (χ2n) is 4.58. The Hall–Kier alpha value is -1.52. The molecule has 0 unspecified atom stereocenters. The van der Waals surface area contributed by atoms with Crippen LogP contribution in [0, 0.1) is 0 Å². The Kier molecular flexibility index (Phi) is 5.00.